The maximum absolute atomic E-state index is 11.0. The maximum atomic E-state index is 11.0. The number of hydrogen-bond acceptors (Lipinski definition) is 6. The van der Waals surface area contributed by atoms with Crippen LogP contribution >= 0.6 is 10.7 Å². The Bertz CT molecular complexity index is 844. The molecule has 0 radical (unpaired) electrons. The number of carbonyl (C=O) groups is 1. The Kier molecular flexibility index (Phi) is 16.6. The van der Waals surface area contributed by atoms with Crippen molar-refractivity contribution >= 4 is 43.3 Å². The number of β-lactam (4-membered cyclic amide) rings is 1. The Hall–Kier alpha value is 0.380. The van der Waals surface area contributed by atoms with Gasteiger partial charge in [0.1, 0.15) is 0 Å². The molecule has 1 saturated carbocycles. The Labute approximate surface area is 233 Å². The molecule has 5 unspecified atom stereocenters. The molecule has 1 saturated heterocycles. The van der Waals surface area contributed by atoms with Gasteiger partial charge in [-0.25, -0.2) is 9.00 Å². The number of hydrogen-bond donors (Lipinski definition) is 2. The van der Waals surface area contributed by atoms with Gasteiger partial charge in [0.15, 0.2) is 0 Å². The summed E-state index contributed by atoms with van der Waals surface area (Å²) in [6.07, 6.45) is 17.0. The summed E-state index contributed by atoms with van der Waals surface area (Å²) in [5.74, 6) is 3.52. The smallest absolute Gasteiger partial charge is 0.750 e. The van der Waals surface area contributed by atoms with Crippen LogP contribution in [0.3, 0.4) is 0 Å². The van der Waals surface area contributed by atoms with Crippen LogP contribution in [0.25, 0.3) is 0 Å². The summed E-state index contributed by atoms with van der Waals surface area (Å²) in [6.45, 7) is 0. The molecule has 0 aromatic carbocycles. The molecule has 4 aliphatic carbocycles. The molecule has 0 aromatic heterocycles. The first kappa shape index (κ1) is 33.6. The average molecular weight is 512 g/mol. The van der Waals surface area contributed by atoms with Crippen molar-refractivity contribution in [3.8, 4) is 0 Å². The van der Waals surface area contributed by atoms with Crippen LogP contribution in [-0.2, 0) is 30.2 Å². The van der Waals surface area contributed by atoms with Gasteiger partial charge < -0.3 is 14.4 Å². The number of halogens is 1. The van der Waals surface area contributed by atoms with E-state index in [1.807, 2.05) is 0 Å². The fourth-order valence-electron chi connectivity index (χ4n) is 3.91. The van der Waals surface area contributed by atoms with Gasteiger partial charge in [0.05, 0.1) is 17.3 Å². The number of rotatable bonds is 1. The second kappa shape index (κ2) is 15.3. The summed E-state index contributed by atoms with van der Waals surface area (Å²) in [4.78, 5) is 20.0. The van der Waals surface area contributed by atoms with E-state index in [-0.39, 0.29) is 72.4 Å². The number of isocyanates is 1. The van der Waals surface area contributed by atoms with Crippen molar-refractivity contribution in [2.24, 2.45) is 34.0 Å². The van der Waals surface area contributed by atoms with Gasteiger partial charge in [-0.05, 0) is 36.5 Å². The van der Waals surface area contributed by atoms with Crippen molar-refractivity contribution in [3.05, 3.63) is 36.5 Å². The van der Waals surface area contributed by atoms with Crippen molar-refractivity contribution < 1.29 is 90.4 Å². The largest absolute Gasteiger partial charge is 1.00 e. The van der Waals surface area contributed by atoms with Crippen molar-refractivity contribution in [3.63, 3.8) is 0 Å². The first-order valence-electron chi connectivity index (χ1n) is 8.28. The first-order valence-corrected chi connectivity index (χ1v) is 11.6. The van der Waals surface area contributed by atoms with E-state index < -0.39 is 20.6 Å². The van der Waals surface area contributed by atoms with Crippen LogP contribution in [-0.4, -0.2) is 39.8 Å². The molecule has 5 aliphatic rings. The number of carbonyl (C=O) groups excluding carboxylic acids is 2. The summed E-state index contributed by atoms with van der Waals surface area (Å²) < 4.78 is 45.4. The number of amides is 1. The summed E-state index contributed by atoms with van der Waals surface area (Å²) in [7, 11) is 0.376. The minimum atomic E-state index is -4.00. The second-order valence-corrected chi connectivity index (χ2v) is 9.26. The third-order valence-electron chi connectivity index (χ3n) is 4.97. The van der Waals surface area contributed by atoms with Gasteiger partial charge >= 0.3 is 68.4 Å². The van der Waals surface area contributed by atoms with Gasteiger partial charge in [0.2, 0.25) is 5.91 Å². The minimum Gasteiger partial charge on any atom is -0.750 e. The van der Waals surface area contributed by atoms with Crippen molar-refractivity contribution in [2.75, 3.05) is 0 Å². The van der Waals surface area contributed by atoms with Crippen LogP contribution in [0.15, 0.2) is 40.9 Å². The van der Waals surface area contributed by atoms with Gasteiger partial charge in [-0.1, -0.05) is 48.3 Å². The van der Waals surface area contributed by atoms with Crippen molar-refractivity contribution in [1.29, 1.82) is 0 Å². The van der Waals surface area contributed by atoms with Crippen molar-refractivity contribution in [1.82, 2.24) is 5.32 Å². The molecule has 0 aromatic rings. The molecule has 0 spiro atoms. The van der Waals surface area contributed by atoms with E-state index in [9.17, 15) is 13.2 Å². The molecule has 4 bridgehead atoms. The fourth-order valence-corrected chi connectivity index (χ4v) is 4.09. The SMILES string of the molecule is C.C1=CC2C=CC1C2.O=C1NC2C3C=CC(C3)C12.O=C=NS(=O)(=O)Cl.O=S([O-])O.[Na+].[Na+]. The van der Waals surface area contributed by atoms with E-state index >= 15 is 0 Å². The zero-order valence-electron chi connectivity index (χ0n) is 16.4. The Balaban J connectivity index is 0. The summed E-state index contributed by atoms with van der Waals surface area (Å²) in [6, 6.07) is 0.516. The van der Waals surface area contributed by atoms with E-state index in [1.165, 1.54) is 12.8 Å². The van der Waals surface area contributed by atoms with Crippen LogP contribution in [0.2, 0.25) is 0 Å². The molecule has 2 N–H and O–H groups in total. The standard InChI is InChI=1S/C8H9NO.C7H8.CClNO3S.CH4.2Na.H2O3S/c10-8-6-4-1-2-5(3-4)7(6)9-8;1-2-7-4-3-6(1)5-7;2-7(5,6)3-1-4;;;;1-4(2)3/h1-2,4-7H,3H2,(H,9,10);1-4,6-7H,5H2;;1H4;;;(H2,1,2,3)/q;;;;2*+1;/p-1. The monoisotopic (exact) mass is 511 g/mol. The molecular formula is C17H22ClN2Na2O7S2+. The molecule has 1 heterocycles. The van der Waals surface area contributed by atoms with Gasteiger partial charge in [-0.2, -0.15) is 8.42 Å². The van der Waals surface area contributed by atoms with E-state index in [0.717, 1.165) is 17.9 Å². The third kappa shape index (κ3) is 10.9. The van der Waals surface area contributed by atoms with Gasteiger partial charge in [-0.15, -0.1) is 0 Å². The molecule has 14 heteroatoms. The van der Waals surface area contributed by atoms with E-state index in [0.29, 0.717) is 23.8 Å². The molecule has 162 valence electrons. The van der Waals surface area contributed by atoms with Crippen LogP contribution in [0.4, 0.5) is 0 Å². The van der Waals surface area contributed by atoms with Crippen molar-refractivity contribution in [2.45, 2.75) is 26.3 Å². The molecule has 31 heavy (non-hydrogen) atoms. The van der Waals surface area contributed by atoms with Crippen LogP contribution in [0.5, 0.6) is 0 Å². The third-order valence-corrected chi connectivity index (χ3v) is 5.47. The summed E-state index contributed by atoms with van der Waals surface area (Å²) in [5.41, 5.74) is 0. The van der Waals surface area contributed by atoms with E-state index in [2.05, 4.69) is 56.9 Å². The zero-order chi connectivity index (χ0) is 20.9. The van der Waals surface area contributed by atoms with Crippen LogP contribution in [0, 0.1) is 29.6 Å². The molecule has 2 fully saturated rings. The van der Waals surface area contributed by atoms with E-state index in [4.69, 9.17) is 18.1 Å². The predicted molar refractivity (Wildman–Crippen MR) is 107 cm³/mol. The first-order chi connectivity index (χ1) is 13.1. The second-order valence-electron chi connectivity index (χ2n) is 6.65. The van der Waals surface area contributed by atoms with Crippen LogP contribution in [0.1, 0.15) is 20.3 Å². The number of fused-ring (bicyclic) bond motifs is 7. The predicted octanol–water partition coefficient (Wildman–Crippen LogP) is -4.16. The Morgan fingerprint density at radius 1 is 1.10 bits per heavy atom. The maximum Gasteiger partial charge on any atom is 1.00 e. The molecule has 9 nitrogen and oxygen atoms in total. The summed E-state index contributed by atoms with van der Waals surface area (Å²) in [5, 5.41) is 2.95. The molecule has 1 amide bonds. The molecular weight excluding hydrogens is 490 g/mol. The zero-order valence-corrected chi connectivity index (χ0v) is 22.8. The number of nitrogens with zero attached hydrogens (tertiary/aromatic N) is 1. The van der Waals surface area contributed by atoms with Gasteiger partial charge in [0.25, 0.3) is 6.08 Å². The van der Waals surface area contributed by atoms with E-state index in [1.54, 1.807) is 0 Å². The Morgan fingerprint density at radius 3 is 1.77 bits per heavy atom. The minimum absolute atomic E-state index is 0. The fraction of sp³-hybridized carbons (Fsp3) is 0.529. The van der Waals surface area contributed by atoms with Gasteiger partial charge in [-0.3, -0.25) is 4.79 Å². The summed E-state index contributed by atoms with van der Waals surface area (Å²) >= 11 is -2.86. The molecule has 1 aliphatic heterocycles. The normalized spacial score (nSPS) is 31.5. The van der Waals surface area contributed by atoms with Crippen LogP contribution < -0.4 is 64.4 Å². The average Bonchev–Trinajstić information content (AvgIpc) is 3.33. The topological polar surface area (TPSA) is 153 Å². The number of allylic oxidation sites excluding steroid dienone is 5. The molecule has 5 rings (SSSR count). The van der Waals surface area contributed by atoms with Gasteiger partial charge in [0, 0.05) is 16.7 Å². The molecule has 5 atom stereocenters. The Morgan fingerprint density at radius 2 is 1.55 bits per heavy atom. The quantitative estimate of drug-likeness (QED) is 0.0689. The number of nitrogens with one attached hydrogen (secondary N) is 1.